The molecule has 1 aromatic carbocycles. The molecule has 0 radical (unpaired) electrons. The molecule has 0 N–H and O–H groups in total. The second-order valence-corrected chi connectivity index (χ2v) is 6.30. The van der Waals surface area contributed by atoms with Crippen molar-refractivity contribution in [2.75, 3.05) is 13.2 Å². The van der Waals surface area contributed by atoms with Gasteiger partial charge in [-0.2, -0.15) is 13.9 Å². The molecule has 140 valence electrons. The number of halogens is 2. The van der Waals surface area contributed by atoms with E-state index in [0.29, 0.717) is 35.6 Å². The maximum Gasteiger partial charge on any atom is 0.387 e. The van der Waals surface area contributed by atoms with Crippen molar-refractivity contribution in [3.8, 4) is 17.0 Å². The Bertz CT molecular complexity index is 968. The first-order chi connectivity index (χ1) is 13.2. The van der Waals surface area contributed by atoms with Gasteiger partial charge in [0.15, 0.2) is 6.29 Å². The number of fused-ring (bicyclic) bond motifs is 1. The van der Waals surface area contributed by atoms with Gasteiger partial charge in [0.2, 0.25) is 0 Å². The number of carbonyl (C=O) groups is 1. The van der Waals surface area contributed by atoms with Crippen LogP contribution >= 0.6 is 0 Å². The van der Waals surface area contributed by atoms with Crippen molar-refractivity contribution >= 4 is 17.3 Å². The molecule has 0 saturated carbocycles. The van der Waals surface area contributed by atoms with Crippen molar-refractivity contribution in [1.82, 2.24) is 14.8 Å². The smallest absolute Gasteiger partial charge is 0.387 e. The van der Waals surface area contributed by atoms with Gasteiger partial charge in [-0.15, -0.1) is 0 Å². The van der Waals surface area contributed by atoms with E-state index in [4.69, 9.17) is 9.84 Å². The van der Waals surface area contributed by atoms with E-state index in [9.17, 15) is 13.6 Å². The van der Waals surface area contributed by atoms with E-state index in [1.807, 2.05) is 4.68 Å². The largest absolute Gasteiger partial charge is 0.435 e. The van der Waals surface area contributed by atoms with Crippen LogP contribution in [0.15, 0.2) is 36.5 Å². The Hall–Kier alpha value is -2.87. The summed E-state index contributed by atoms with van der Waals surface area (Å²) in [4.78, 5) is 15.6. The average Bonchev–Trinajstić information content (AvgIpc) is 3.07. The monoisotopic (exact) mass is 373 g/mol. The maximum atomic E-state index is 12.5. The van der Waals surface area contributed by atoms with Crippen molar-refractivity contribution in [1.29, 1.82) is 0 Å². The highest BCUT2D eigenvalue weighted by Gasteiger charge is 2.22. The average molecular weight is 373 g/mol. The minimum Gasteiger partial charge on any atom is -0.435 e. The van der Waals surface area contributed by atoms with E-state index in [2.05, 4.69) is 9.72 Å². The first-order valence-corrected chi connectivity index (χ1v) is 8.62. The number of ether oxygens (including phenoxy) is 2. The van der Waals surface area contributed by atoms with E-state index in [0.717, 1.165) is 24.6 Å². The molecule has 0 spiro atoms. The first-order valence-electron chi connectivity index (χ1n) is 8.62. The van der Waals surface area contributed by atoms with Crippen LogP contribution < -0.4 is 4.74 Å². The van der Waals surface area contributed by atoms with Crippen molar-refractivity contribution in [3.05, 3.63) is 42.1 Å². The number of pyridine rings is 1. The maximum absolute atomic E-state index is 12.5. The molecule has 1 saturated heterocycles. The molecule has 3 heterocycles. The Morgan fingerprint density at radius 2 is 2.07 bits per heavy atom. The summed E-state index contributed by atoms with van der Waals surface area (Å²) in [6.07, 6.45) is 3.82. The van der Waals surface area contributed by atoms with Crippen LogP contribution in [0.2, 0.25) is 0 Å². The number of alkyl halides is 2. The predicted molar refractivity (Wildman–Crippen MR) is 94.1 cm³/mol. The lowest BCUT2D eigenvalue weighted by Crippen LogP contribution is -2.20. The third kappa shape index (κ3) is 3.52. The Kier molecular flexibility index (Phi) is 4.81. The van der Waals surface area contributed by atoms with Crippen molar-refractivity contribution < 1.29 is 23.0 Å². The van der Waals surface area contributed by atoms with Crippen LogP contribution in [0.3, 0.4) is 0 Å². The lowest BCUT2D eigenvalue weighted by atomic mass is 10.1. The van der Waals surface area contributed by atoms with Crippen molar-refractivity contribution in [2.45, 2.75) is 25.5 Å². The summed E-state index contributed by atoms with van der Waals surface area (Å²) in [6, 6.07) is 8.25. The highest BCUT2D eigenvalue weighted by molar-refractivity contribution is 5.93. The Balaban J connectivity index is 1.84. The van der Waals surface area contributed by atoms with Gasteiger partial charge < -0.3 is 9.47 Å². The fourth-order valence-electron chi connectivity index (χ4n) is 3.32. The predicted octanol–water partition coefficient (Wildman–Crippen LogP) is 3.86. The second-order valence-electron chi connectivity index (χ2n) is 6.30. The van der Waals surface area contributed by atoms with Crippen molar-refractivity contribution in [3.63, 3.8) is 0 Å². The molecule has 0 unspecified atom stereocenters. The summed E-state index contributed by atoms with van der Waals surface area (Å²) in [7, 11) is 0. The molecule has 0 amide bonds. The number of hydrogen-bond donors (Lipinski definition) is 0. The summed E-state index contributed by atoms with van der Waals surface area (Å²) < 4.78 is 36.9. The van der Waals surface area contributed by atoms with Crippen LogP contribution in [0, 0.1) is 0 Å². The van der Waals surface area contributed by atoms with Crippen LogP contribution in [0.5, 0.6) is 5.75 Å². The van der Waals surface area contributed by atoms with Crippen LogP contribution in [0.25, 0.3) is 22.3 Å². The third-order valence-electron chi connectivity index (χ3n) is 4.57. The standard InChI is InChI=1S/C19H17F2N3O3/c20-19(21)27-15-3-1-2-13(9-15)17-18-16(8-12(11-25)10-22-18)24(23-17)14-4-6-26-7-5-14/h1-3,8-11,14,19H,4-7H2. The molecule has 3 aromatic rings. The van der Waals surface area contributed by atoms with E-state index < -0.39 is 6.61 Å². The van der Waals surface area contributed by atoms with Gasteiger partial charge in [-0.1, -0.05) is 12.1 Å². The highest BCUT2D eigenvalue weighted by atomic mass is 19.3. The highest BCUT2D eigenvalue weighted by Crippen LogP contribution is 2.33. The zero-order chi connectivity index (χ0) is 18.8. The molecule has 6 nitrogen and oxygen atoms in total. The number of carbonyl (C=O) groups excluding carboxylic acids is 1. The van der Waals surface area contributed by atoms with E-state index in [-0.39, 0.29) is 11.8 Å². The molecule has 0 aliphatic carbocycles. The van der Waals surface area contributed by atoms with Gasteiger partial charge in [0, 0.05) is 30.5 Å². The van der Waals surface area contributed by atoms with Crippen LogP contribution in [0.4, 0.5) is 8.78 Å². The molecule has 0 bridgehead atoms. The number of aldehydes is 1. The van der Waals surface area contributed by atoms with Gasteiger partial charge in [0.25, 0.3) is 0 Å². The molecule has 1 aliphatic heterocycles. The normalized spacial score (nSPS) is 15.4. The first kappa shape index (κ1) is 17.5. The summed E-state index contributed by atoms with van der Waals surface area (Å²) in [5, 5.41) is 4.72. The van der Waals surface area contributed by atoms with Gasteiger partial charge in [-0.25, -0.2) is 0 Å². The summed E-state index contributed by atoms with van der Waals surface area (Å²) in [5.41, 5.74) is 2.99. The molecule has 1 fully saturated rings. The van der Waals surface area contributed by atoms with Gasteiger partial charge in [-0.3, -0.25) is 14.5 Å². The molecule has 1 aliphatic rings. The molecule has 8 heteroatoms. The number of benzene rings is 1. The zero-order valence-corrected chi connectivity index (χ0v) is 14.3. The lowest BCUT2D eigenvalue weighted by molar-refractivity contribution is -0.0498. The van der Waals surface area contributed by atoms with E-state index >= 15 is 0 Å². The zero-order valence-electron chi connectivity index (χ0n) is 14.3. The molecule has 4 rings (SSSR count). The number of aromatic nitrogens is 3. The minimum atomic E-state index is -2.90. The topological polar surface area (TPSA) is 66.2 Å². The second kappa shape index (κ2) is 7.40. The number of hydrogen-bond acceptors (Lipinski definition) is 5. The Labute approximate surface area is 153 Å². The van der Waals surface area contributed by atoms with Gasteiger partial charge in [0.05, 0.1) is 11.6 Å². The SMILES string of the molecule is O=Cc1cnc2c(-c3cccc(OC(F)F)c3)nn(C3CCOCC3)c2c1. The van der Waals surface area contributed by atoms with E-state index in [1.54, 1.807) is 18.2 Å². The van der Waals surface area contributed by atoms with Crippen LogP contribution in [-0.2, 0) is 4.74 Å². The van der Waals surface area contributed by atoms with Gasteiger partial charge in [0.1, 0.15) is 17.0 Å². The lowest BCUT2D eigenvalue weighted by Gasteiger charge is -2.23. The number of rotatable bonds is 5. The Morgan fingerprint density at radius 3 is 2.81 bits per heavy atom. The molecule has 0 atom stereocenters. The summed E-state index contributed by atoms with van der Waals surface area (Å²) in [6.45, 7) is -1.62. The third-order valence-corrected chi connectivity index (χ3v) is 4.57. The fourth-order valence-corrected chi connectivity index (χ4v) is 3.32. The van der Waals surface area contributed by atoms with Crippen LogP contribution in [0.1, 0.15) is 29.2 Å². The molecular formula is C19H17F2N3O3. The van der Waals surface area contributed by atoms with Crippen molar-refractivity contribution in [2.24, 2.45) is 0 Å². The van der Waals surface area contributed by atoms with Crippen LogP contribution in [-0.4, -0.2) is 40.9 Å². The molecule has 27 heavy (non-hydrogen) atoms. The fraction of sp³-hybridized carbons (Fsp3) is 0.316. The van der Waals surface area contributed by atoms with Gasteiger partial charge in [-0.05, 0) is 31.0 Å². The van der Waals surface area contributed by atoms with Gasteiger partial charge >= 0.3 is 6.61 Å². The quantitative estimate of drug-likeness (QED) is 0.636. The van der Waals surface area contributed by atoms with E-state index in [1.165, 1.54) is 18.3 Å². The molecular weight excluding hydrogens is 356 g/mol. The molecule has 2 aromatic heterocycles. The summed E-state index contributed by atoms with van der Waals surface area (Å²) in [5.74, 6) is 0.0563. The summed E-state index contributed by atoms with van der Waals surface area (Å²) >= 11 is 0. The Morgan fingerprint density at radius 1 is 1.26 bits per heavy atom. The number of nitrogens with zero attached hydrogens (tertiary/aromatic N) is 3. The minimum absolute atomic E-state index is 0.0563.